The van der Waals surface area contributed by atoms with E-state index in [9.17, 15) is 4.79 Å². The molecule has 4 rings (SSSR count). The molecule has 0 aromatic rings. The predicted octanol–water partition coefficient (Wildman–Crippen LogP) is 6.24. The molecule has 0 amide bonds. The second kappa shape index (κ2) is 6.94. The average Bonchev–Trinajstić information content (AvgIpc) is 3.05. The Balaban J connectivity index is 1.72. The molecule has 27 heavy (non-hydrogen) atoms. The van der Waals surface area contributed by atoms with Gasteiger partial charge in [0.15, 0.2) is 0 Å². The molecule has 0 bridgehead atoms. The highest BCUT2D eigenvalue weighted by Crippen LogP contribution is 2.57. The van der Waals surface area contributed by atoms with E-state index >= 15 is 0 Å². The monoisotopic (exact) mass is 368 g/mol. The summed E-state index contributed by atoms with van der Waals surface area (Å²) in [5.74, 6) is 4.17. The van der Waals surface area contributed by atoms with Crippen LogP contribution < -0.4 is 0 Å². The van der Waals surface area contributed by atoms with Gasteiger partial charge in [0.2, 0.25) is 0 Å². The molecule has 2 nitrogen and oxygen atoms in total. The van der Waals surface area contributed by atoms with Gasteiger partial charge < -0.3 is 4.74 Å². The van der Waals surface area contributed by atoms with Crippen LogP contribution in [0.3, 0.4) is 0 Å². The van der Waals surface area contributed by atoms with Gasteiger partial charge in [-0.25, -0.2) is 0 Å². The van der Waals surface area contributed by atoms with Crippen LogP contribution in [0, 0.1) is 35.0 Å². The fourth-order valence-corrected chi connectivity index (χ4v) is 6.50. The van der Waals surface area contributed by atoms with Gasteiger partial charge in [0.1, 0.15) is 12.0 Å². The third kappa shape index (κ3) is 3.23. The SMILES string of the molecule is CC(C)CC1C[C@H](C)C2=C3C/C=C(/C=O)[C@H]4CC[C@H](C)[C@H]4C[C@@]3(C)C=C2O1. The Morgan fingerprint density at radius 3 is 2.78 bits per heavy atom. The fraction of sp³-hybridized carbons (Fsp3) is 0.720. The third-order valence-corrected chi connectivity index (χ3v) is 7.81. The summed E-state index contributed by atoms with van der Waals surface area (Å²) in [5, 5.41) is 0. The van der Waals surface area contributed by atoms with Gasteiger partial charge in [-0.1, -0.05) is 40.7 Å². The number of hydrogen-bond acceptors (Lipinski definition) is 2. The first-order chi connectivity index (χ1) is 12.8. The van der Waals surface area contributed by atoms with Crippen molar-refractivity contribution in [2.24, 2.45) is 35.0 Å². The van der Waals surface area contributed by atoms with Crippen molar-refractivity contribution in [2.45, 2.75) is 79.2 Å². The maximum atomic E-state index is 11.8. The van der Waals surface area contributed by atoms with Crippen LogP contribution in [0.4, 0.5) is 0 Å². The summed E-state index contributed by atoms with van der Waals surface area (Å²) < 4.78 is 6.53. The van der Waals surface area contributed by atoms with E-state index in [0.717, 1.165) is 37.5 Å². The lowest BCUT2D eigenvalue weighted by Crippen LogP contribution is -2.28. The van der Waals surface area contributed by atoms with Crippen LogP contribution in [-0.4, -0.2) is 12.4 Å². The Hall–Kier alpha value is -1.31. The van der Waals surface area contributed by atoms with Crippen molar-refractivity contribution < 1.29 is 9.53 Å². The molecule has 2 fully saturated rings. The van der Waals surface area contributed by atoms with Gasteiger partial charge in [0, 0.05) is 5.41 Å². The van der Waals surface area contributed by atoms with Crippen molar-refractivity contribution in [3.05, 3.63) is 34.6 Å². The average molecular weight is 369 g/mol. The molecule has 0 spiro atoms. The molecule has 0 aromatic carbocycles. The van der Waals surface area contributed by atoms with Crippen molar-refractivity contribution in [1.82, 2.24) is 0 Å². The zero-order valence-electron chi connectivity index (χ0n) is 17.8. The van der Waals surface area contributed by atoms with Crippen molar-refractivity contribution in [3.8, 4) is 0 Å². The number of fused-ring (bicyclic) bond motifs is 3. The molecule has 0 radical (unpaired) electrons. The topological polar surface area (TPSA) is 26.3 Å². The first-order valence-electron chi connectivity index (χ1n) is 11.1. The molecule has 0 N–H and O–H groups in total. The van der Waals surface area contributed by atoms with Crippen LogP contribution >= 0.6 is 0 Å². The molecule has 6 atom stereocenters. The number of carbonyl (C=O) groups excluding carboxylic acids is 1. The Bertz CT molecular complexity index is 710. The van der Waals surface area contributed by atoms with Gasteiger partial charge in [0.25, 0.3) is 0 Å². The molecule has 148 valence electrons. The lowest BCUT2D eigenvalue weighted by Gasteiger charge is -2.37. The molecular weight excluding hydrogens is 332 g/mol. The van der Waals surface area contributed by atoms with Gasteiger partial charge in [0.05, 0.1) is 6.10 Å². The number of rotatable bonds is 3. The molecule has 1 unspecified atom stereocenters. The third-order valence-electron chi connectivity index (χ3n) is 7.81. The summed E-state index contributed by atoms with van der Waals surface area (Å²) in [6.45, 7) is 11.8. The van der Waals surface area contributed by atoms with Crippen LogP contribution in [0.1, 0.15) is 73.1 Å². The van der Waals surface area contributed by atoms with E-state index in [0.29, 0.717) is 35.7 Å². The van der Waals surface area contributed by atoms with E-state index in [1.54, 1.807) is 0 Å². The smallest absolute Gasteiger partial charge is 0.146 e. The molecule has 1 heterocycles. The van der Waals surface area contributed by atoms with Crippen LogP contribution in [0.15, 0.2) is 34.6 Å². The minimum absolute atomic E-state index is 0.0953. The van der Waals surface area contributed by atoms with Crippen LogP contribution in [-0.2, 0) is 9.53 Å². The van der Waals surface area contributed by atoms with Crippen LogP contribution in [0.25, 0.3) is 0 Å². The predicted molar refractivity (Wildman–Crippen MR) is 110 cm³/mol. The fourth-order valence-electron chi connectivity index (χ4n) is 6.50. The summed E-state index contributed by atoms with van der Waals surface area (Å²) in [5.41, 5.74) is 4.15. The summed E-state index contributed by atoms with van der Waals surface area (Å²) in [7, 11) is 0. The number of hydrogen-bond donors (Lipinski definition) is 0. The summed E-state index contributed by atoms with van der Waals surface area (Å²) in [6.07, 6.45) is 13.0. The largest absolute Gasteiger partial charge is 0.490 e. The normalized spacial score (nSPS) is 43.0. The minimum atomic E-state index is 0.0953. The van der Waals surface area contributed by atoms with E-state index in [1.807, 2.05) is 0 Å². The second-order valence-corrected chi connectivity index (χ2v) is 10.4. The van der Waals surface area contributed by atoms with Gasteiger partial charge in [-0.3, -0.25) is 4.79 Å². The van der Waals surface area contributed by atoms with Crippen molar-refractivity contribution in [1.29, 1.82) is 0 Å². The quantitative estimate of drug-likeness (QED) is 0.551. The minimum Gasteiger partial charge on any atom is -0.490 e. The summed E-state index contributed by atoms with van der Waals surface area (Å²) in [6, 6.07) is 0. The first kappa shape index (κ1) is 19.0. The Kier molecular flexibility index (Phi) is 4.89. The second-order valence-electron chi connectivity index (χ2n) is 10.4. The van der Waals surface area contributed by atoms with Crippen LogP contribution in [0.2, 0.25) is 0 Å². The van der Waals surface area contributed by atoms with Gasteiger partial charge in [-0.05, 0) is 90.9 Å². The standard InChI is InChI=1S/C25H36O2/c1-15(2)10-19-11-17(4)24-22-9-7-18(14-26)20-8-6-16(3)21(20)12-25(22,5)13-23(24)27-19/h7,13-17,19-21H,6,8-12H2,1-5H3/b18-7-/t16-,17-,19?,20+,21+,25-/m0/s1. The van der Waals surface area contributed by atoms with Gasteiger partial charge >= 0.3 is 0 Å². The first-order valence-corrected chi connectivity index (χ1v) is 11.1. The summed E-state index contributed by atoms with van der Waals surface area (Å²) >= 11 is 0. The Morgan fingerprint density at radius 2 is 2.07 bits per heavy atom. The van der Waals surface area contributed by atoms with Gasteiger partial charge in [-0.2, -0.15) is 0 Å². The zero-order chi connectivity index (χ0) is 19.3. The highest BCUT2D eigenvalue weighted by atomic mass is 16.5. The van der Waals surface area contributed by atoms with Gasteiger partial charge in [-0.15, -0.1) is 0 Å². The maximum Gasteiger partial charge on any atom is 0.146 e. The van der Waals surface area contributed by atoms with E-state index in [1.165, 1.54) is 29.7 Å². The highest BCUT2D eigenvalue weighted by molar-refractivity contribution is 5.74. The molecule has 4 aliphatic rings. The molecular formula is C25H36O2. The van der Waals surface area contributed by atoms with Crippen molar-refractivity contribution in [2.75, 3.05) is 0 Å². The summed E-state index contributed by atoms with van der Waals surface area (Å²) in [4.78, 5) is 11.8. The molecule has 2 heteroatoms. The molecule has 1 aliphatic heterocycles. The number of carbonyl (C=O) groups is 1. The Morgan fingerprint density at radius 1 is 1.30 bits per heavy atom. The number of ether oxygens (including phenoxy) is 1. The van der Waals surface area contributed by atoms with E-state index in [4.69, 9.17) is 4.74 Å². The van der Waals surface area contributed by atoms with E-state index in [2.05, 4.69) is 46.8 Å². The lowest BCUT2D eigenvalue weighted by molar-refractivity contribution is -0.105. The molecule has 0 aromatic heterocycles. The number of aldehydes is 1. The van der Waals surface area contributed by atoms with E-state index < -0.39 is 0 Å². The van der Waals surface area contributed by atoms with Crippen molar-refractivity contribution >= 4 is 6.29 Å². The Labute approximate surface area is 165 Å². The van der Waals surface area contributed by atoms with Crippen LogP contribution in [0.5, 0.6) is 0 Å². The highest BCUT2D eigenvalue weighted by Gasteiger charge is 2.47. The molecule has 1 saturated carbocycles. The zero-order valence-corrected chi connectivity index (χ0v) is 17.8. The van der Waals surface area contributed by atoms with Crippen molar-refractivity contribution in [3.63, 3.8) is 0 Å². The maximum absolute atomic E-state index is 11.8. The molecule has 1 saturated heterocycles. The molecule has 3 aliphatic carbocycles. The lowest BCUT2D eigenvalue weighted by atomic mass is 9.67. The van der Waals surface area contributed by atoms with E-state index in [-0.39, 0.29) is 5.41 Å². The number of allylic oxidation sites excluding steroid dienone is 5.